The Morgan fingerprint density at radius 3 is 0.976 bits per heavy atom. The minimum Gasteiger partial charge on any atom is -0.310 e. The fraction of sp³-hybridized carbons (Fsp3) is 0.0843. The zero-order valence-electron chi connectivity index (χ0n) is 48.1. The molecule has 13 aromatic rings. The van der Waals surface area contributed by atoms with Gasteiger partial charge in [0.05, 0.1) is 5.41 Å². The topological polar surface area (TPSA) is 6.48 Å². The second kappa shape index (κ2) is 18.4. The predicted molar refractivity (Wildman–Crippen MR) is 356 cm³/mol. The first-order valence-corrected chi connectivity index (χ1v) is 30.0. The second-order valence-corrected chi connectivity index (χ2v) is 24.8. The van der Waals surface area contributed by atoms with Crippen LogP contribution in [0.5, 0.6) is 0 Å². The quantitative estimate of drug-likeness (QED) is 0.150. The van der Waals surface area contributed by atoms with Crippen molar-refractivity contribution in [3.05, 3.63) is 336 Å². The van der Waals surface area contributed by atoms with Crippen LogP contribution in [-0.2, 0) is 16.2 Å². The molecular formula is C83H60N2. The SMILES string of the molecule is CC1(C)c2ccccc2-c2ccc(N(c3ccc(-c4ccccc4)cc3)c3ccc4c(c3)C3(c5ccccc5-c5ccccc53)c3cc5cc(N(c6ccc(-c7ccccc7)cc6)c6ccc7c(c6)C(C)(C)c6ccccc6-7)ccc5cc3-4)cc21. The maximum atomic E-state index is 2.55. The molecule has 17 rings (SSSR count). The summed E-state index contributed by atoms with van der Waals surface area (Å²) < 4.78 is 0. The Hall–Kier alpha value is -10.3. The summed E-state index contributed by atoms with van der Waals surface area (Å²) in [6, 6.07) is 110. The lowest BCUT2D eigenvalue weighted by molar-refractivity contribution is 0.660. The molecule has 0 aromatic heterocycles. The fourth-order valence-electron chi connectivity index (χ4n) is 15.6. The molecule has 0 fully saturated rings. The van der Waals surface area contributed by atoms with E-state index >= 15 is 0 Å². The van der Waals surface area contributed by atoms with Crippen molar-refractivity contribution in [2.45, 2.75) is 43.9 Å². The lowest BCUT2D eigenvalue weighted by atomic mass is 9.70. The van der Waals surface area contributed by atoms with E-state index in [2.05, 4.69) is 329 Å². The van der Waals surface area contributed by atoms with Crippen molar-refractivity contribution in [3.63, 3.8) is 0 Å². The Kier molecular flexibility index (Phi) is 10.7. The Balaban J connectivity index is 0.858. The molecule has 0 heterocycles. The molecule has 0 amide bonds. The van der Waals surface area contributed by atoms with Crippen LogP contribution in [0.4, 0.5) is 34.1 Å². The number of hydrogen-bond donors (Lipinski definition) is 0. The molecule has 0 atom stereocenters. The average molecular weight is 1090 g/mol. The van der Waals surface area contributed by atoms with Gasteiger partial charge in [0.2, 0.25) is 0 Å². The van der Waals surface area contributed by atoms with Gasteiger partial charge in [-0.1, -0.05) is 234 Å². The maximum absolute atomic E-state index is 2.55. The molecule has 1 spiro atoms. The van der Waals surface area contributed by atoms with Crippen LogP contribution in [0.3, 0.4) is 0 Å². The van der Waals surface area contributed by atoms with E-state index in [4.69, 9.17) is 0 Å². The summed E-state index contributed by atoms with van der Waals surface area (Å²) in [6.07, 6.45) is 0. The summed E-state index contributed by atoms with van der Waals surface area (Å²) in [6.45, 7) is 9.51. The van der Waals surface area contributed by atoms with Gasteiger partial charge in [-0.3, -0.25) is 0 Å². The average Bonchev–Trinajstić information content (AvgIpc) is 1.54. The molecule has 13 aromatic carbocycles. The molecule has 85 heavy (non-hydrogen) atoms. The van der Waals surface area contributed by atoms with Crippen LogP contribution in [0.1, 0.15) is 72.2 Å². The molecule has 402 valence electrons. The van der Waals surface area contributed by atoms with Crippen LogP contribution in [0, 0.1) is 0 Å². The summed E-state index contributed by atoms with van der Waals surface area (Å²) in [5, 5.41) is 2.41. The van der Waals surface area contributed by atoms with Crippen molar-refractivity contribution in [1.29, 1.82) is 0 Å². The zero-order valence-corrected chi connectivity index (χ0v) is 48.1. The Bertz CT molecular complexity index is 4830. The third kappa shape index (κ3) is 7.19. The summed E-state index contributed by atoms with van der Waals surface area (Å²) in [7, 11) is 0. The highest BCUT2D eigenvalue weighted by Gasteiger charge is 2.52. The molecule has 0 bridgehead atoms. The number of rotatable bonds is 8. The van der Waals surface area contributed by atoms with Gasteiger partial charge in [0.15, 0.2) is 0 Å². The van der Waals surface area contributed by atoms with E-state index < -0.39 is 5.41 Å². The van der Waals surface area contributed by atoms with Crippen molar-refractivity contribution in [2.24, 2.45) is 0 Å². The minimum atomic E-state index is -0.601. The van der Waals surface area contributed by atoms with Crippen molar-refractivity contribution >= 4 is 44.9 Å². The maximum Gasteiger partial charge on any atom is 0.0726 e. The van der Waals surface area contributed by atoms with E-state index in [0.29, 0.717) is 0 Å². The summed E-state index contributed by atoms with van der Waals surface area (Å²) in [5.74, 6) is 0. The van der Waals surface area contributed by atoms with E-state index in [1.807, 2.05) is 0 Å². The fourth-order valence-corrected chi connectivity index (χ4v) is 15.6. The molecule has 0 saturated heterocycles. The molecule has 0 radical (unpaired) electrons. The van der Waals surface area contributed by atoms with Gasteiger partial charge >= 0.3 is 0 Å². The van der Waals surface area contributed by atoms with Gasteiger partial charge in [-0.25, -0.2) is 0 Å². The lowest BCUT2D eigenvalue weighted by Gasteiger charge is -2.33. The number of benzene rings is 13. The molecule has 4 aliphatic rings. The van der Waals surface area contributed by atoms with E-state index in [1.54, 1.807) is 0 Å². The van der Waals surface area contributed by atoms with E-state index in [0.717, 1.165) is 34.1 Å². The third-order valence-electron chi connectivity index (χ3n) is 19.6. The summed E-state index contributed by atoms with van der Waals surface area (Å²) in [5.41, 5.74) is 31.7. The molecule has 0 aliphatic heterocycles. The van der Waals surface area contributed by atoms with Crippen LogP contribution in [-0.4, -0.2) is 0 Å². The van der Waals surface area contributed by atoms with Crippen LogP contribution >= 0.6 is 0 Å². The third-order valence-corrected chi connectivity index (χ3v) is 19.6. The molecule has 0 unspecified atom stereocenters. The lowest BCUT2D eigenvalue weighted by Crippen LogP contribution is -2.26. The Morgan fingerprint density at radius 2 is 0.518 bits per heavy atom. The van der Waals surface area contributed by atoms with Gasteiger partial charge in [0.25, 0.3) is 0 Å². The van der Waals surface area contributed by atoms with Gasteiger partial charge in [-0.05, 0) is 207 Å². The first-order chi connectivity index (χ1) is 41.6. The zero-order chi connectivity index (χ0) is 56.8. The van der Waals surface area contributed by atoms with Crippen LogP contribution in [0.15, 0.2) is 291 Å². The predicted octanol–water partition coefficient (Wildman–Crippen LogP) is 22.1. The van der Waals surface area contributed by atoms with Crippen molar-refractivity contribution in [3.8, 4) is 66.8 Å². The van der Waals surface area contributed by atoms with Gasteiger partial charge in [0, 0.05) is 45.0 Å². The molecule has 4 aliphatic carbocycles. The van der Waals surface area contributed by atoms with E-state index in [1.165, 1.54) is 122 Å². The van der Waals surface area contributed by atoms with Crippen molar-refractivity contribution < 1.29 is 0 Å². The molecule has 2 nitrogen and oxygen atoms in total. The molecular weight excluding hydrogens is 1020 g/mol. The summed E-state index contributed by atoms with van der Waals surface area (Å²) >= 11 is 0. The van der Waals surface area contributed by atoms with Gasteiger partial charge in [-0.2, -0.15) is 0 Å². The van der Waals surface area contributed by atoms with Crippen LogP contribution in [0.25, 0.3) is 77.5 Å². The number of hydrogen-bond acceptors (Lipinski definition) is 2. The normalized spacial score (nSPS) is 14.4. The Morgan fingerprint density at radius 1 is 0.200 bits per heavy atom. The van der Waals surface area contributed by atoms with Gasteiger partial charge in [0.1, 0.15) is 0 Å². The highest BCUT2D eigenvalue weighted by molar-refractivity contribution is 6.02. The van der Waals surface area contributed by atoms with Crippen LogP contribution in [0.2, 0.25) is 0 Å². The number of nitrogens with zero attached hydrogens (tertiary/aromatic N) is 2. The first-order valence-electron chi connectivity index (χ1n) is 30.0. The Labute approximate surface area is 498 Å². The molecule has 0 saturated carbocycles. The highest BCUT2D eigenvalue weighted by Crippen LogP contribution is 2.64. The monoisotopic (exact) mass is 1080 g/mol. The smallest absolute Gasteiger partial charge is 0.0726 e. The highest BCUT2D eigenvalue weighted by atomic mass is 15.1. The van der Waals surface area contributed by atoms with E-state index in [9.17, 15) is 0 Å². The summed E-state index contributed by atoms with van der Waals surface area (Å²) in [4.78, 5) is 4.97. The standard InChI is InChI=1S/C83H60N2/c1-81(2)73-27-15-11-23-65(73)69-44-41-62(50-77(69)81)84(59-36-31-55(32-37-59)53-19-7-5-8-20-53)61-40-35-57-48-72-71-46-43-64(52-80(71)83(79(72)49-58(57)47-61)75-29-17-13-25-67(75)68-26-14-18-30-76(68)83)85(60-38-33-56(34-39-60)54-21-9-6-10-22-54)63-42-45-70-66-24-12-16-28-74(66)82(3,4)78(70)51-63/h5-52H,1-4H3. The van der Waals surface area contributed by atoms with Crippen LogP contribution < -0.4 is 9.80 Å². The van der Waals surface area contributed by atoms with Gasteiger partial charge < -0.3 is 9.80 Å². The second-order valence-electron chi connectivity index (χ2n) is 24.8. The van der Waals surface area contributed by atoms with E-state index in [-0.39, 0.29) is 10.8 Å². The molecule has 2 heteroatoms. The number of fused-ring (bicyclic) bond motifs is 17. The van der Waals surface area contributed by atoms with Gasteiger partial charge in [-0.15, -0.1) is 0 Å². The molecule has 0 N–H and O–H groups in total. The first kappa shape index (κ1) is 49.3. The number of anilines is 6. The minimum absolute atomic E-state index is 0.152. The van der Waals surface area contributed by atoms with Crippen molar-refractivity contribution in [1.82, 2.24) is 0 Å². The van der Waals surface area contributed by atoms with Crippen molar-refractivity contribution in [2.75, 3.05) is 9.80 Å². The largest absolute Gasteiger partial charge is 0.310 e.